The minimum Gasteiger partial charge on any atom is -0.481 e. The first-order chi connectivity index (χ1) is 9.11. The number of anilines is 1. The molecule has 0 saturated heterocycles. The molecule has 104 valence electrons. The molecule has 0 heterocycles. The van der Waals surface area contributed by atoms with Crippen LogP contribution in [-0.4, -0.2) is 29.0 Å². The number of benzene rings is 1. The number of rotatable bonds is 8. The van der Waals surface area contributed by atoms with Crippen LogP contribution in [0.5, 0.6) is 0 Å². The second-order valence-corrected chi connectivity index (χ2v) is 5.22. The van der Waals surface area contributed by atoms with Crippen molar-refractivity contribution >= 4 is 29.3 Å². The number of thioether (sulfide) groups is 1. The zero-order valence-corrected chi connectivity index (χ0v) is 11.8. The van der Waals surface area contributed by atoms with Gasteiger partial charge in [-0.25, -0.2) is 0 Å². The summed E-state index contributed by atoms with van der Waals surface area (Å²) in [5, 5.41) is 11.5. The number of nitrogens with one attached hydrogen (secondary N) is 1. The van der Waals surface area contributed by atoms with Gasteiger partial charge in [0.05, 0.1) is 0 Å². The third-order valence-electron chi connectivity index (χ3n) is 2.59. The molecule has 0 aliphatic rings. The molecule has 0 aliphatic heterocycles. The zero-order valence-electron chi connectivity index (χ0n) is 11.0. The van der Waals surface area contributed by atoms with Crippen molar-refractivity contribution in [2.75, 3.05) is 17.3 Å². The van der Waals surface area contributed by atoms with Crippen LogP contribution in [0.2, 0.25) is 0 Å². The highest BCUT2D eigenvalue weighted by molar-refractivity contribution is 7.98. The lowest BCUT2D eigenvalue weighted by atomic mass is 10.1. The fourth-order valence-electron chi connectivity index (χ4n) is 1.66. The van der Waals surface area contributed by atoms with Gasteiger partial charge in [-0.2, -0.15) is 11.8 Å². The van der Waals surface area contributed by atoms with E-state index in [0.29, 0.717) is 12.8 Å². The number of carboxylic acids is 1. The monoisotopic (exact) mass is 281 g/mol. The van der Waals surface area contributed by atoms with Gasteiger partial charge in [0, 0.05) is 18.5 Å². The molecule has 0 bridgehead atoms. The quantitative estimate of drug-likeness (QED) is 0.719. The first-order valence-electron chi connectivity index (χ1n) is 6.21. The smallest absolute Gasteiger partial charge is 0.303 e. The highest BCUT2D eigenvalue weighted by atomic mass is 32.2. The lowest BCUT2D eigenvalue weighted by Crippen LogP contribution is -2.11. The molecule has 1 amide bonds. The summed E-state index contributed by atoms with van der Waals surface area (Å²) in [6.07, 6.45) is 3.98. The van der Waals surface area contributed by atoms with Crippen LogP contribution in [0.25, 0.3) is 0 Å². The highest BCUT2D eigenvalue weighted by Crippen LogP contribution is 2.13. The SMILES string of the molecule is CSCCCC(=O)Nc1cccc(CCC(=O)O)c1. The first kappa shape index (κ1) is 15.6. The van der Waals surface area contributed by atoms with Crippen LogP contribution >= 0.6 is 11.8 Å². The number of hydrogen-bond donors (Lipinski definition) is 2. The van der Waals surface area contributed by atoms with E-state index in [0.717, 1.165) is 23.4 Å². The Morgan fingerprint density at radius 2 is 2.11 bits per heavy atom. The second kappa shape index (κ2) is 8.58. The maximum Gasteiger partial charge on any atom is 0.303 e. The average molecular weight is 281 g/mol. The third-order valence-corrected chi connectivity index (χ3v) is 3.29. The minimum absolute atomic E-state index is 0.00411. The molecular formula is C14H19NO3S. The molecule has 0 radical (unpaired) electrons. The molecular weight excluding hydrogens is 262 g/mol. The summed E-state index contributed by atoms with van der Waals surface area (Å²) in [5.74, 6) is 0.169. The summed E-state index contributed by atoms with van der Waals surface area (Å²) in [6, 6.07) is 7.34. The van der Waals surface area contributed by atoms with Crippen LogP contribution in [0, 0.1) is 0 Å². The molecule has 1 aromatic carbocycles. The maximum atomic E-state index is 11.7. The molecule has 1 rings (SSSR count). The van der Waals surface area contributed by atoms with Crippen molar-refractivity contribution in [2.45, 2.75) is 25.7 Å². The number of aliphatic carboxylic acids is 1. The van der Waals surface area contributed by atoms with Crippen LogP contribution in [0.15, 0.2) is 24.3 Å². The predicted molar refractivity (Wildman–Crippen MR) is 78.6 cm³/mol. The van der Waals surface area contributed by atoms with Gasteiger partial charge in [0.1, 0.15) is 0 Å². The number of carbonyl (C=O) groups is 2. The summed E-state index contributed by atoms with van der Waals surface area (Å²) >= 11 is 1.73. The number of carboxylic acid groups (broad SMARTS) is 1. The fraction of sp³-hybridized carbons (Fsp3) is 0.429. The number of hydrogen-bond acceptors (Lipinski definition) is 3. The number of amides is 1. The molecule has 0 unspecified atom stereocenters. The molecule has 0 fully saturated rings. The van der Waals surface area contributed by atoms with Crippen molar-refractivity contribution in [3.8, 4) is 0 Å². The van der Waals surface area contributed by atoms with Gasteiger partial charge in [-0.15, -0.1) is 0 Å². The van der Waals surface area contributed by atoms with Gasteiger partial charge in [-0.1, -0.05) is 12.1 Å². The highest BCUT2D eigenvalue weighted by Gasteiger charge is 2.04. The first-order valence-corrected chi connectivity index (χ1v) is 7.60. The zero-order chi connectivity index (χ0) is 14.1. The van der Waals surface area contributed by atoms with E-state index >= 15 is 0 Å². The molecule has 1 aromatic rings. The summed E-state index contributed by atoms with van der Waals surface area (Å²) in [7, 11) is 0. The van der Waals surface area contributed by atoms with Crippen molar-refractivity contribution in [3.05, 3.63) is 29.8 Å². The molecule has 0 saturated carbocycles. The van der Waals surface area contributed by atoms with E-state index in [9.17, 15) is 9.59 Å². The van der Waals surface area contributed by atoms with Gasteiger partial charge >= 0.3 is 5.97 Å². The number of aryl methyl sites for hydroxylation is 1. The van der Waals surface area contributed by atoms with Crippen molar-refractivity contribution in [1.82, 2.24) is 0 Å². The molecule has 5 heteroatoms. The third kappa shape index (κ3) is 6.86. The summed E-state index contributed by atoms with van der Waals surface area (Å²) < 4.78 is 0. The second-order valence-electron chi connectivity index (χ2n) is 4.24. The van der Waals surface area contributed by atoms with Crippen molar-refractivity contribution in [2.24, 2.45) is 0 Å². The largest absolute Gasteiger partial charge is 0.481 e. The minimum atomic E-state index is -0.813. The van der Waals surface area contributed by atoms with E-state index in [-0.39, 0.29) is 12.3 Å². The van der Waals surface area contributed by atoms with Crippen molar-refractivity contribution < 1.29 is 14.7 Å². The van der Waals surface area contributed by atoms with Gasteiger partial charge in [0.25, 0.3) is 0 Å². The van der Waals surface area contributed by atoms with Gasteiger partial charge in [0.2, 0.25) is 5.91 Å². The molecule has 0 atom stereocenters. The Kier molecular flexibility index (Phi) is 7.03. The molecule has 19 heavy (non-hydrogen) atoms. The van der Waals surface area contributed by atoms with Gasteiger partial charge in [-0.3, -0.25) is 9.59 Å². The topological polar surface area (TPSA) is 66.4 Å². The van der Waals surface area contributed by atoms with Crippen LogP contribution in [0.1, 0.15) is 24.8 Å². The van der Waals surface area contributed by atoms with E-state index < -0.39 is 5.97 Å². The Labute approximate surface area is 117 Å². The molecule has 0 spiro atoms. The van der Waals surface area contributed by atoms with Crippen molar-refractivity contribution in [1.29, 1.82) is 0 Å². The van der Waals surface area contributed by atoms with Gasteiger partial charge < -0.3 is 10.4 Å². The summed E-state index contributed by atoms with van der Waals surface area (Å²) in [5.41, 5.74) is 1.65. The van der Waals surface area contributed by atoms with Crippen LogP contribution < -0.4 is 5.32 Å². The molecule has 0 aromatic heterocycles. The average Bonchev–Trinajstić information content (AvgIpc) is 2.37. The molecule has 2 N–H and O–H groups in total. The molecule has 0 aliphatic carbocycles. The van der Waals surface area contributed by atoms with E-state index in [1.165, 1.54) is 0 Å². The Morgan fingerprint density at radius 1 is 1.32 bits per heavy atom. The van der Waals surface area contributed by atoms with Crippen molar-refractivity contribution in [3.63, 3.8) is 0 Å². The van der Waals surface area contributed by atoms with E-state index in [1.54, 1.807) is 11.8 Å². The van der Waals surface area contributed by atoms with E-state index in [2.05, 4.69) is 5.32 Å². The number of carbonyl (C=O) groups excluding carboxylic acids is 1. The molecule has 4 nitrogen and oxygen atoms in total. The van der Waals surface area contributed by atoms with E-state index in [4.69, 9.17) is 5.11 Å². The Balaban J connectivity index is 2.47. The normalized spacial score (nSPS) is 10.2. The lowest BCUT2D eigenvalue weighted by molar-refractivity contribution is -0.137. The Morgan fingerprint density at radius 3 is 2.79 bits per heavy atom. The van der Waals surface area contributed by atoms with Crippen LogP contribution in [0.4, 0.5) is 5.69 Å². The predicted octanol–water partition coefficient (Wildman–Crippen LogP) is 2.79. The van der Waals surface area contributed by atoms with Gasteiger partial charge in [-0.05, 0) is 42.5 Å². The van der Waals surface area contributed by atoms with Crippen LogP contribution in [0.3, 0.4) is 0 Å². The maximum absolute atomic E-state index is 11.7. The summed E-state index contributed by atoms with van der Waals surface area (Å²) in [6.45, 7) is 0. The standard InChI is InChI=1S/C14H19NO3S/c1-19-9-3-6-13(16)15-12-5-2-4-11(10-12)7-8-14(17)18/h2,4-5,10H,3,6-9H2,1H3,(H,15,16)(H,17,18). The Bertz CT molecular complexity index is 434. The lowest BCUT2D eigenvalue weighted by Gasteiger charge is -2.07. The Hall–Kier alpha value is -1.49. The van der Waals surface area contributed by atoms with E-state index in [1.807, 2.05) is 30.5 Å². The van der Waals surface area contributed by atoms with Crippen LogP contribution in [-0.2, 0) is 16.0 Å². The summed E-state index contributed by atoms with van der Waals surface area (Å²) in [4.78, 5) is 22.2. The van der Waals surface area contributed by atoms with Gasteiger partial charge in [0.15, 0.2) is 0 Å². The fourth-order valence-corrected chi connectivity index (χ4v) is 2.09.